The molecule has 0 spiro atoms. The first kappa shape index (κ1) is 14.9. The number of methoxy groups -OCH3 is 1. The van der Waals surface area contributed by atoms with Crippen LogP contribution < -0.4 is 10.6 Å². The number of anilines is 2. The van der Waals surface area contributed by atoms with E-state index in [-0.39, 0.29) is 5.82 Å². The maximum absolute atomic E-state index is 12.1. The van der Waals surface area contributed by atoms with Crippen molar-refractivity contribution in [2.45, 2.75) is 13.8 Å². The molecule has 6 heteroatoms. The number of nitrogens with two attached hydrogens (primary N) is 1. The fourth-order valence-electron chi connectivity index (χ4n) is 2.23. The number of aromatic nitrogens is 2. The molecule has 0 unspecified atom stereocenters. The number of esters is 1. The number of hydrogen-bond acceptors (Lipinski definition) is 5. The summed E-state index contributed by atoms with van der Waals surface area (Å²) in [5.74, 6) is 0.361. The van der Waals surface area contributed by atoms with Crippen molar-refractivity contribution in [2.24, 2.45) is 0 Å². The highest BCUT2D eigenvalue weighted by atomic mass is 16.5. The van der Waals surface area contributed by atoms with Crippen molar-refractivity contribution in [3.63, 3.8) is 0 Å². The van der Waals surface area contributed by atoms with Gasteiger partial charge in [0.15, 0.2) is 5.82 Å². The molecule has 2 N–H and O–H groups in total. The van der Waals surface area contributed by atoms with Gasteiger partial charge in [-0.3, -0.25) is 0 Å². The lowest BCUT2D eigenvalue weighted by atomic mass is 10.2. The Morgan fingerprint density at radius 3 is 2.43 bits per heavy atom. The van der Waals surface area contributed by atoms with E-state index in [0.717, 1.165) is 18.8 Å². The normalized spacial score (nSPS) is 10.4. The van der Waals surface area contributed by atoms with E-state index in [1.165, 1.54) is 7.11 Å². The largest absolute Gasteiger partial charge is 0.465 e. The third kappa shape index (κ3) is 2.69. The van der Waals surface area contributed by atoms with Crippen LogP contribution in [-0.2, 0) is 4.74 Å². The number of carbonyl (C=O) groups excluding carboxylic acids is 1. The van der Waals surface area contributed by atoms with Crippen LogP contribution in [0.3, 0.4) is 0 Å². The van der Waals surface area contributed by atoms with Crippen LogP contribution in [0.25, 0.3) is 5.69 Å². The molecule has 0 saturated carbocycles. The first-order valence-electron chi connectivity index (χ1n) is 6.91. The number of carbonyl (C=O) groups is 1. The van der Waals surface area contributed by atoms with Gasteiger partial charge < -0.3 is 15.4 Å². The summed E-state index contributed by atoms with van der Waals surface area (Å²) in [6.07, 6.45) is 0. The Hall–Kier alpha value is -2.50. The molecule has 0 aliphatic carbocycles. The standard InChI is InChI=1S/C15H20N4O2/c1-4-18(5-2)14-12(15(20)21-3)13(16)19(17-14)11-9-7-6-8-10-11/h6-10H,4-5,16H2,1-3H3. The van der Waals surface area contributed by atoms with Gasteiger partial charge in [0.2, 0.25) is 0 Å². The third-order valence-corrected chi connectivity index (χ3v) is 3.36. The SMILES string of the molecule is CCN(CC)c1nn(-c2ccccc2)c(N)c1C(=O)OC. The van der Waals surface area contributed by atoms with Crippen LogP contribution >= 0.6 is 0 Å². The number of hydrogen-bond donors (Lipinski definition) is 1. The highest BCUT2D eigenvalue weighted by molar-refractivity contribution is 6.00. The van der Waals surface area contributed by atoms with Gasteiger partial charge in [0, 0.05) is 13.1 Å². The van der Waals surface area contributed by atoms with Gasteiger partial charge in [-0.25, -0.2) is 9.48 Å². The fourth-order valence-corrected chi connectivity index (χ4v) is 2.23. The Kier molecular flexibility index (Phi) is 4.47. The third-order valence-electron chi connectivity index (χ3n) is 3.36. The van der Waals surface area contributed by atoms with E-state index < -0.39 is 5.97 Å². The highest BCUT2D eigenvalue weighted by Crippen LogP contribution is 2.28. The number of benzene rings is 1. The number of para-hydroxylation sites is 1. The summed E-state index contributed by atoms with van der Waals surface area (Å²) >= 11 is 0. The quantitative estimate of drug-likeness (QED) is 0.853. The molecule has 1 heterocycles. The highest BCUT2D eigenvalue weighted by Gasteiger charge is 2.26. The number of nitrogen functional groups attached to an aromatic ring is 1. The lowest BCUT2D eigenvalue weighted by Gasteiger charge is -2.18. The molecule has 0 bridgehead atoms. The van der Waals surface area contributed by atoms with Crippen molar-refractivity contribution in [1.29, 1.82) is 0 Å². The van der Waals surface area contributed by atoms with Crippen molar-refractivity contribution < 1.29 is 9.53 Å². The second-order valence-electron chi connectivity index (χ2n) is 4.50. The van der Waals surface area contributed by atoms with Crippen LogP contribution in [0.4, 0.5) is 11.6 Å². The summed E-state index contributed by atoms with van der Waals surface area (Å²) in [5, 5.41) is 4.51. The van der Waals surface area contributed by atoms with Crippen LogP contribution in [0, 0.1) is 0 Å². The van der Waals surface area contributed by atoms with E-state index in [2.05, 4.69) is 5.10 Å². The van der Waals surface area contributed by atoms with Gasteiger partial charge >= 0.3 is 5.97 Å². The lowest BCUT2D eigenvalue weighted by molar-refractivity contribution is 0.0602. The molecule has 0 radical (unpaired) electrons. The van der Waals surface area contributed by atoms with Gasteiger partial charge in [-0.05, 0) is 26.0 Å². The molecule has 0 fully saturated rings. The lowest BCUT2D eigenvalue weighted by Crippen LogP contribution is -2.24. The second-order valence-corrected chi connectivity index (χ2v) is 4.50. The molecule has 21 heavy (non-hydrogen) atoms. The van der Waals surface area contributed by atoms with Crippen LogP contribution in [-0.4, -0.2) is 35.9 Å². The Morgan fingerprint density at radius 1 is 1.29 bits per heavy atom. The minimum absolute atomic E-state index is 0.287. The van der Waals surface area contributed by atoms with Gasteiger partial charge in [0.1, 0.15) is 11.4 Å². The smallest absolute Gasteiger partial charge is 0.345 e. The van der Waals surface area contributed by atoms with E-state index in [0.29, 0.717) is 11.4 Å². The van der Waals surface area contributed by atoms with Gasteiger partial charge in [-0.15, -0.1) is 5.10 Å². The Bertz CT molecular complexity index is 618. The summed E-state index contributed by atoms with van der Waals surface area (Å²) in [4.78, 5) is 14.0. The Labute approximate surface area is 124 Å². The minimum Gasteiger partial charge on any atom is -0.465 e. The maximum atomic E-state index is 12.1. The minimum atomic E-state index is -0.475. The maximum Gasteiger partial charge on any atom is 0.345 e. The molecule has 0 aliphatic rings. The van der Waals surface area contributed by atoms with Crippen molar-refractivity contribution in [3.05, 3.63) is 35.9 Å². The molecule has 0 aliphatic heterocycles. The second kappa shape index (κ2) is 6.30. The van der Waals surface area contributed by atoms with Gasteiger partial charge in [0.05, 0.1) is 12.8 Å². The van der Waals surface area contributed by atoms with Crippen LogP contribution in [0.2, 0.25) is 0 Å². The molecule has 2 aromatic rings. The van der Waals surface area contributed by atoms with E-state index in [9.17, 15) is 4.79 Å². The molecule has 0 atom stereocenters. The molecule has 0 amide bonds. The molecule has 112 valence electrons. The summed E-state index contributed by atoms with van der Waals surface area (Å²) in [6, 6.07) is 9.47. The first-order valence-corrected chi connectivity index (χ1v) is 6.91. The molecule has 2 rings (SSSR count). The predicted octanol–water partition coefficient (Wildman–Crippen LogP) is 2.09. The Balaban J connectivity index is 2.62. The molecular weight excluding hydrogens is 268 g/mol. The van der Waals surface area contributed by atoms with E-state index in [1.807, 2.05) is 49.1 Å². The number of ether oxygens (including phenoxy) is 1. The zero-order chi connectivity index (χ0) is 15.4. The van der Waals surface area contributed by atoms with Gasteiger partial charge in [-0.2, -0.15) is 0 Å². The summed E-state index contributed by atoms with van der Waals surface area (Å²) < 4.78 is 6.42. The van der Waals surface area contributed by atoms with Crippen molar-refractivity contribution in [3.8, 4) is 5.69 Å². The average molecular weight is 288 g/mol. The Morgan fingerprint density at radius 2 is 1.90 bits per heavy atom. The molecular formula is C15H20N4O2. The summed E-state index contributed by atoms with van der Waals surface area (Å²) in [6.45, 7) is 5.46. The molecule has 0 saturated heterocycles. The monoisotopic (exact) mass is 288 g/mol. The van der Waals surface area contributed by atoms with Gasteiger partial charge in [-0.1, -0.05) is 18.2 Å². The molecule has 6 nitrogen and oxygen atoms in total. The average Bonchev–Trinajstić information content (AvgIpc) is 2.86. The topological polar surface area (TPSA) is 73.4 Å². The predicted molar refractivity (Wildman–Crippen MR) is 82.9 cm³/mol. The molecule has 1 aromatic carbocycles. The van der Waals surface area contributed by atoms with Crippen molar-refractivity contribution >= 4 is 17.6 Å². The van der Waals surface area contributed by atoms with Crippen LogP contribution in [0.5, 0.6) is 0 Å². The van der Waals surface area contributed by atoms with Crippen LogP contribution in [0.15, 0.2) is 30.3 Å². The van der Waals surface area contributed by atoms with E-state index >= 15 is 0 Å². The number of nitrogens with zero attached hydrogens (tertiary/aromatic N) is 3. The zero-order valence-corrected chi connectivity index (χ0v) is 12.5. The van der Waals surface area contributed by atoms with E-state index in [4.69, 9.17) is 10.5 Å². The van der Waals surface area contributed by atoms with Crippen molar-refractivity contribution in [2.75, 3.05) is 30.8 Å². The fraction of sp³-hybridized carbons (Fsp3) is 0.333. The first-order chi connectivity index (χ1) is 10.1. The van der Waals surface area contributed by atoms with E-state index in [1.54, 1.807) is 4.68 Å². The van der Waals surface area contributed by atoms with Gasteiger partial charge in [0.25, 0.3) is 0 Å². The zero-order valence-electron chi connectivity index (χ0n) is 12.5. The molecule has 1 aromatic heterocycles. The summed E-state index contributed by atoms with van der Waals surface area (Å²) in [5.41, 5.74) is 7.25. The van der Waals surface area contributed by atoms with Crippen LogP contribution in [0.1, 0.15) is 24.2 Å². The number of rotatable bonds is 5. The van der Waals surface area contributed by atoms with Crippen molar-refractivity contribution in [1.82, 2.24) is 9.78 Å². The summed E-state index contributed by atoms with van der Waals surface area (Å²) in [7, 11) is 1.34.